The van der Waals surface area contributed by atoms with E-state index in [0.717, 1.165) is 0 Å². The standard InChI is InChI=1S/C18H15O9PS3.Rh/c19-29(20,25-16-10-4-1-5-11-16)28(30(21,22)26-17-12-6-2-7-13-17)31(23,24)27-18-14-8-3-9-15-18;/h1-15H;. The molecule has 1 radical (unpaired) electrons. The largest absolute Gasteiger partial charge is 0.389 e. The van der Waals surface area contributed by atoms with Gasteiger partial charge in [-0.15, -0.1) is 0 Å². The van der Waals surface area contributed by atoms with Crippen molar-refractivity contribution in [2.75, 3.05) is 0 Å². The quantitative estimate of drug-likeness (QED) is 0.266. The fourth-order valence-electron chi connectivity index (χ4n) is 2.22. The Labute approximate surface area is 199 Å². The molecular formula is C18H15O9PRhS3. The second-order valence-corrected chi connectivity index (χ2v) is 18.6. The monoisotopic (exact) mass is 605 g/mol. The molecule has 0 aliphatic heterocycles. The molecule has 0 bridgehead atoms. The van der Waals surface area contributed by atoms with Gasteiger partial charge in [-0.1, -0.05) is 54.6 Å². The Kier molecular flexibility index (Phi) is 8.78. The number of para-hydroxylation sites is 3. The van der Waals surface area contributed by atoms with Crippen LogP contribution in [-0.2, 0) is 48.7 Å². The SMILES string of the molecule is O=S(=O)(Oc1ccccc1)P(S(=O)(=O)Oc1ccccc1)S(=O)(=O)Oc1ccccc1.[Rh]. The summed E-state index contributed by atoms with van der Waals surface area (Å²) in [6, 6.07) is 20.6. The average molecular weight is 605 g/mol. The van der Waals surface area contributed by atoms with Gasteiger partial charge in [0.05, 0.1) is 0 Å². The zero-order chi connectivity index (χ0) is 22.5. The second-order valence-electron chi connectivity index (χ2n) is 5.70. The van der Waals surface area contributed by atoms with E-state index in [0.29, 0.717) is 0 Å². The van der Waals surface area contributed by atoms with Crippen LogP contribution < -0.4 is 12.5 Å². The molecule has 0 spiro atoms. The molecule has 0 N–H and O–H groups in total. The topological polar surface area (TPSA) is 130 Å². The van der Waals surface area contributed by atoms with E-state index >= 15 is 0 Å². The van der Waals surface area contributed by atoms with Crippen molar-refractivity contribution in [3.05, 3.63) is 91.0 Å². The molecule has 0 aliphatic carbocycles. The minimum Gasteiger partial charge on any atom is -0.378 e. The first-order valence-electron chi connectivity index (χ1n) is 8.39. The normalized spacial score (nSPS) is 11.9. The Balaban J connectivity index is 0.00000363. The molecule has 3 aromatic rings. The van der Waals surface area contributed by atoms with Gasteiger partial charge in [0, 0.05) is 19.5 Å². The van der Waals surface area contributed by atoms with Gasteiger partial charge < -0.3 is 12.5 Å². The molecule has 32 heavy (non-hydrogen) atoms. The summed E-state index contributed by atoms with van der Waals surface area (Å²) in [5.41, 5.74) is -4.11. The smallest absolute Gasteiger partial charge is 0.378 e. The number of hydrogen-bond donors (Lipinski definition) is 0. The van der Waals surface area contributed by atoms with E-state index in [2.05, 4.69) is 0 Å². The van der Waals surface area contributed by atoms with Crippen molar-refractivity contribution in [2.24, 2.45) is 0 Å². The van der Waals surface area contributed by atoms with Crippen molar-refractivity contribution >= 4 is 34.7 Å². The van der Waals surface area contributed by atoms with Crippen LogP contribution >= 0.6 is 5.53 Å². The van der Waals surface area contributed by atoms with Gasteiger partial charge in [-0.2, -0.15) is 25.3 Å². The third-order valence-electron chi connectivity index (χ3n) is 3.38. The van der Waals surface area contributed by atoms with Crippen molar-refractivity contribution in [3.63, 3.8) is 0 Å². The van der Waals surface area contributed by atoms with E-state index in [4.69, 9.17) is 12.5 Å². The predicted molar refractivity (Wildman–Crippen MR) is 115 cm³/mol. The van der Waals surface area contributed by atoms with E-state index < -0.39 is 34.7 Å². The third-order valence-corrected chi connectivity index (χ3v) is 19.5. The van der Waals surface area contributed by atoms with Crippen LogP contribution in [-0.4, -0.2) is 25.3 Å². The molecule has 0 saturated heterocycles. The maximum absolute atomic E-state index is 12.9. The summed E-state index contributed by atoms with van der Waals surface area (Å²) in [6.45, 7) is 0. The Morgan fingerprint density at radius 2 is 0.656 bits per heavy atom. The number of rotatable bonds is 9. The van der Waals surface area contributed by atoms with E-state index in [1.807, 2.05) is 0 Å². The molecule has 0 fully saturated rings. The van der Waals surface area contributed by atoms with Crippen LogP contribution in [0.15, 0.2) is 91.0 Å². The molecular weight excluding hydrogens is 590 g/mol. The molecule has 0 aromatic heterocycles. The van der Waals surface area contributed by atoms with Gasteiger partial charge in [-0.3, -0.25) is 0 Å². The number of hydrogen-bond acceptors (Lipinski definition) is 9. The molecule has 0 atom stereocenters. The molecule has 3 rings (SSSR count). The second kappa shape index (κ2) is 10.7. The third kappa shape index (κ3) is 6.73. The Hall–Kier alpha value is -2.04. The summed E-state index contributed by atoms with van der Waals surface area (Å²) < 4.78 is 91.6. The summed E-state index contributed by atoms with van der Waals surface area (Å²) in [5, 5.41) is 0. The first-order valence-corrected chi connectivity index (χ1v) is 15.8. The maximum Gasteiger partial charge on any atom is 0.389 e. The Bertz CT molecular complexity index is 1160. The molecule has 0 aliphatic rings. The average Bonchev–Trinajstić information content (AvgIpc) is 2.68. The molecule has 0 saturated carbocycles. The van der Waals surface area contributed by atoms with Crippen LogP contribution in [0.25, 0.3) is 0 Å². The Morgan fingerprint density at radius 1 is 0.438 bits per heavy atom. The summed E-state index contributed by atoms with van der Waals surface area (Å²) in [7, 11) is -15.9. The van der Waals surface area contributed by atoms with Gasteiger partial charge in [-0.25, -0.2) is 0 Å². The predicted octanol–water partition coefficient (Wildman–Crippen LogP) is 3.44. The minimum atomic E-state index is -5.29. The minimum absolute atomic E-state index is 0. The molecule has 3 aromatic carbocycles. The van der Waals surface area contributed by atoms with Crippen molar-refractivity contribution in [2.45, 2.75) is 0 Å². The fraction of sp³-hybridized carbons (Fsp3) is 0. The van der Waals surface area contributed by atoms with Crippen LogP contribution in [0.1, 0.15) is 0 Å². The zero-order valence-corrected chi connectivity index (χ0v) is 20.8. The van der Waals surface area contributed by atoms with Crippen LogP contribution in [0.3, 0.4) is 0 Å². The molecule has 173 valence electrons. The van der Waals surface area contributed by atoms with E-state index in [-0.39, 0.29) is 36.7 Å². The first-order chi connectivity index (χ1) is 14.6. The zero-order valence-electron chi connectivity index (χ0n) is 15.8. The van der Waals surface area contributed by atoms with E-state index in [1.165, 1.54) is 72.8 Å². The van der Waals surface area contributed by atoms with Crippen molar-refractivity contribution < 1.29 is 57.3 Å². The van der Waals surface area contributed by atoms with Crippen LogP contribution in [0.2, 0.25) is 0 Å². The summed E-state index contributed by atoms with van der Waals surface area (Å²) in [6.07, 6.45) is 0. The summed E-state index contributed by atoms with van der Waals surface area (Å²) >= 11 is 0. The maximum atomic E-state index is 12.9. The van der Waals surface area contributed by atoms with E-state index in [1.54, 1.807) is 18.2 Å². The molecule has 14 heteroatoms. The van der Waals surface area contributed by atoms with Gasteiger partial charge in [-0.05, 0) is 36.4 Å². The first kappa shape index (κ1) is 26.2. The summed E-state index contributed by atoms with van der Waals surface area (Å²) in [4.78, 5) is 0. The Morgan fingerprint density at radius 3 is 0.875 bits per heavy atom. The van der Waals surface area contributed by atoms with Gasteiger partial charge >= 0.3 is 34.7 Å². The van der Waals surface area contributed by atoms with Gasteiger partial charge in [0.1, 0.15) is 17.2 Å². The van der Waals surface area contributed by atoms with Crippen LogP contribution in [0.4, 0.5) is 0 Å². The van der Waals surface area contributed by atoms with Crippen molar-refractivity contribution in [1.29, 1.82) is 0 Å². The van der Waals surface area contributed by atoms with Gasteiger partial charge in [0.2, 0.25) is 0 Å². The molecule has 0 amide bonds. The number of benzene rings is 3. The van der Waals surface area contributed by atoms with Gasteiger partial charge in [0.15, 0.2) is 0 Å². The molecule has 0 heterocycles. The molecule has 9 nitrogen and oxygen atoms in total. The summed E-state index contributed by atoms with van der Waals surface area (Å²) in [5.74, 6) is -0.834. The van der Waals surface area contributed by atoms with Crippen LogP contribution in [0, 0.1) is 0 Å². The van der Waals surface area contributed by atoms with Crippen molar-refractivity contribution in [3.8, 4) is 17.2 Å². The molecule has 0 unspecified atom stereocenters. The van der Waals surface area contributed by atoms with Crippen molar-refractivity contribution in [1.82, 2.24) is 0 Å². The van der Waals surface area contributed by atoms with Crippen LogP contribution in [0.5, 0.6) is 17.2 Å². The van der Waals surface area contributed by atoms with Gasteiger partial charge in [0.25, 0.3) is 0 Å². The van der Waals surface area contributed by atoms with E-state index in [9.17, 15) is 25.3 Å². The fourth-order valence-corrected chi connectivity index (χ4v) is 15.2.